The third-order valence-corrected chi connectivity index (χ3v) is 4.90. The number of ether oxygens (including phenoxy) is 1. The smallest absolute Gasteiger partial charge is 0.191 e. The molecule has 1 rings (SSSR count). The Morgan fingerprint density at radius 1 is 1.25 bits per heavy atom. The Kier molecular flexibility index (Phi) is 14.1. The molecule has 1 aliphatic rings. The first-order valence-electron chi connectivity index (χ1n) is 9.32. The quantitative estimate of drug-likeness (QED) is 0.255. The van der Waals surface area contributed by atoms with Gasteiger partial charge in [0.05, 0.1) is 6.61 Å². The van der Waals surface area contributed by atoms with Crippen molar-refractivity contribution < 1.29 is 9.84 Å². The summed E-state index contributed by atoms with van der Waals surface area (Å²) in [7, 11) is 1.82. The molecule has 1 heterocycles. The predicted octanol–water partition coefficient (Wildman–Crippen LogP) is 3.17. The third kappa shape index (κ3) is 8.85. The van der Waals surface area contributed by atoms with Crippen LogP contribution in [0.1, 0.15) is 58.8 Å². The molecule has 0 amide bonds. The molecule has 0 aromatic rings. The highest BCUT2D eigenvalue weighted by Crippen LogP contribution is 2.31. The van der Waals surface area contributed by atoms with Crippen molar-refractivity contribution in [1.82, 2.24) is 10.6 Å². The Morgan fingerprint density at radius 3 is 2.58 bits per heavy atom. The maximum absolute atomic E-state index is 9.30. The first kappa shape index (κ1) is 23.9. The average molecular weight is 455 g/mol. The van der Waals surface area contributed by atoms with Crippen LogP contribution in [-0.4, -0.2) is 51.0 Å². The van der Waals surface area contributed by atoms with E-state index in [9.17, 15) is 5.11 Å². The van der Waals surface area contributed by atoms with Crippen LogP contribution in [0, 0.1) is 11.3 Å². The lowest BCUT2D eigenvalue weighted by Gasteiger charge is -2.28. The van der Waals surface area contributed by atoms with Crippen molar-refractivity contribution >= 4 is 29.9 Å². The molecule has 2 unspecified atom stereocenters. The number of nitrogens with zero attached hydrogens (tertiary/aromatic N) is 1. The first-order chi connectivity index (χ1) is 11.2. The number of rotatable bonds is 11. The van der Waals surface area contributed by atoms with Crippen molar-refractivity contribution in [1.29, 1.82) is 0 Å². The number of aliphatic hydroxyl groups is 1. The fourth-order valence-electron chi connectivity index (χ4n) is 3.29. The highest BCUT2D eigenvalue weighted by atomic mass is 127. The standard InChI is InChI=1S/C18H37N3O2.HI/c1-4-6-8-16(7-5-2)13-20-17(19-3)21-14-18(9-11-22)10-12-23-15-18;/h16,22H,4-15H2,1-3H3,(H2,19,20,21);1H. The summed E-state index contributed by atoms with van der Waals surface area (Å²) in [5.41, 5.74) is 0.0530. The number of halogens is 1. The number of hydrogen-bond acceptors (Lipinski definition) is 3. The van der Waals surface area contributed by atoms with Crippen LogP contribution in [0.15, 0.2) is 4.99 Å². The third-order valence-electron chi connectivity index (χ3n) is 4.90. The van der Waals surface area contributed by atoms with Gasteiger partial charge in [-0.05, 0) is 31.6 Å². The molecule has 3 N–H and O–H groups in total. The topological polar surface area (TPSA) is 65.9 Å². The van der Waals surface area contributed by atoms with Crippen molar-refractivity contribution in [3.63, 3.8) is 0 Å². The van der Waals surface area contributed by atoms with E-state index in [2.05, 4.69) is 29.5 Å². The van der Waals surface area contributed by atoms with Gasteiger partial charge in [-0.3, -0.25) is 4.99 Å². The van der Waals surface area contributed by atoms with Crippen LogP contribution in [-0.2, 0) is 4.74 Å². The Labute approximate surface area is 165 Å². The van der Waals surface area contributed by atoms with Crippen LogP contribution in [0.3, 0.4) is 0 Å². The first-order valence-corrected chi connectivity index (χ1v) is 9.32. The van der Waals surface area contributed by atoms with Gasteiger partial charge >= 0.3 is 0 Å². The van der Waals surface area contributed by atoms with Crippen LogP contribution in [0.4, 0.5) is 0 Å². The molecule has 0 aliphatic carbocycles. The lowest BCUT2D eigenvalue weighted by atomic mass is 9.84. The number of aliphatic imine (C=N–C) groups is 1. The molecule has 0 aromatic carbocycles. The second-order valence-corrected chi connectivity index (χ2v) is 6.88. The van der Waals surface area contributed by atoms with Gasteiger partial charge in [-0.2, -0.15) is 0 Å². The molecule has 6 heteroatoms. The van der Waals surface area contributed by atoms with Gasteiger partial charge in [0.1, 0.15) is 0 Å². The van der Waals surface area contributed by atoms with E-state index in [1.54, 1.807) is 0 Å². The van der Waals surface area contributed by atoms with Gasteiger partial charge in [0.15, 0.2) is 5.96 Å². The molecule has 0 bridgehead atoms. The normalized spacial score (nSPS) is 22.1. The van der Waals surface area contributed by atoms with Gasteiger partial charge in [-0.15, -0.1) is 24.0 Å². The molecule has 5 nitrogen and oxygen atoms in total. The minimum Gasteiger partial charge on any atom is -0.396 e. The van der Waals surface area contributed by atoms with E-state index in [-0.39, 0.29) is 36.0 Å². The fraction of sp³-hybridized carbons (Fsp3) is 0.944. The highest BCUT2D eigenvalue weighted by Gasteiger charge is 2.34. The van der Waals surface area contributed by atoms with Crippen molar-refractivity contribution in [3.05, 3.63) is 0 Å². The lowest BCUT2D eigenvalue weighted by Crippen LogP contribution is -2.45. The van der Waals surface area contributed by atoms with Crippen molar-refractivity contribution in [2.75, 3.05) is 40.0 Å². The Hall–Kier alpha value is -0.0800. The van der Waals surface area contributed by atoms with E-state index < -0.39 is 0 Å². The fourth-order valence-corrected chi connectivity index (χ4v) is 3.29. The van der Waals surface area contributed by atoms with Crippen molar-refractivity contribution in [2.45, 2.75) is 58.8 Å². The van der Waals surface area contributed by atoms with E-state index in [1.165, 1.54) is 32.1 Å². The minimum atomic E-state index is 0. The monoisotopic (exact) mass is 455 g/mol. The van der Waals surface area contributed by atoms with E-state index in [0.29, 0.717) is 0 Å². The molecular formula is C18H38IN3O2. The molecule has 144 valence electrons. The Morgan fingerprint density at radius 2 is 2.04 bits per heavy atom. The number of unbranched alkanes of at least 4 members (excludes halogenated alkanes) is 1. The van der Waals surface area contributed by atoms with E-state index >= 15 is 0 Å². The van der Waals surface area contributed by atoms with Gasteiger partial charge in [-0.1, -0.05) is 33.1 Å². The molecule has 0 spiro atoms. The maximum atomic E-state index is 9.30. The van der Waals surface area contributed by atoms with Gasteiger partial charge in [0.2, 0.25) is 0 Å². The maximum Gasteiger partial charge on any atom is 0.191 e. The lowest BCUT2D eigenvalue weighted by molar-refractivity contribution is 0.127. The summed E-state index contributed by atoms with van der Waals surface area (Å²) in [6.07, 6.45) is 8.15. The second-order valence-electron chi connectivity index (χ2n) is 6.88. The molecular weight excluding hydrogens is 417 g/mol. The Balaban J connectivity index is 0.00000529. The molecule has 0 radical (unpaired) electrons. The molecule has 1 aliphatic heterocycles. The summed E-state index contributed by atoms with van der Waals surface area (Å²) in [4.78, 5) is 4.34. The number of guanidine groups is 1. The summed E-state index contributed by atoms with van der Waals surface area (Å²) in [5.74, 6) is 1.59. The van der Waals surface area contributed by atoms with E-state index in [4.69, 9.17) is 4.74 Å². The predicted molar refractivity (Wildman–Crippen MR) is 112 cm³/mol. The largest absolute Gasteiger partial charge is 0.396 e. The molecule has 0 aromatic heterocycles. The van der Waals surface area contributed by atoms with Crippen LogP contribution in [0.25, 0.3) is 0 Å². The van der Waals surface area contributed by atoms with Gasteiger partial charge in [-0.25, -0.2) is 0 Å². The van der Waals surface area contributed by atoms with Gasteiger partial charge in [0, 0.05) is 38.8 Å². The van der Waals surface area contributed by atoms with Gasteiger partial charge in [0.25, 0.3) is 0 Å². The zero-order valence-electron chi connectivity index (χ0n) is 15.8. The number of aliphatic hydroxyl groups excluding tert-OH is 1. The van der Waals surface area contributed by atoms with Crippen LogP contribution < -0.4 is 10.6 Å². The summed E-state index contributed by atoms with van der Waals surface area (Å²) in [6, 6.07) is 0. The average Bonchev–Trinajstić information content (AvgIpc) is 3.01. The van der Waals surface area contributed by atoms with E-state index in [0.717, 1.165) is 51.0 Å². The zero-order chi connectivity index (χ0) is 17.0. The molecule has 1 saturated heterocycles. The summed E-state index contributed by atoms with van der Waals surface area (Å²) in [6.45, 7) is 8.03. The molecule has 1 fully saturated rings. The molecule has 2 atom stereocenters. The van der Waals surface area contributed by atoms with Crippen molar-refractivity contribution in [3.8, 4) is 0 Å². The van der Waals surface area contributed by atoms with Crippen molar-refractivity contribution in [2.24, 2.45) is 16.3 Å². The van der Waals surface area contributed by atoms with Crippen LogP contribution in [0.5, 0.6) is 0 Å². The summed E-state index contributed by atoms with van der Waals surface area (Å²) >= 11 is 0. The molecule has 0 saturated carbocycles. The van der Waals surface area contributed by atoms with Crippen LogP contribution >= 0.6 is 24.0 Å². The zero-order valence-corrected chi connectivity index (χ0v) is 18.1. The summed E-state index contributed by atoms with van der Waals surface area (Å²) in [5, 5.41) is 16.2. The Bertz CT molecular complexity index is 334. The SMILES string of the molecule is CCCCC(CCC)CNC(=NC)NCC1(CCO)CCOC1.I. The van der Waals surface area contributed by atoms with Crippen LogP contribution in [0.2, 0.25) is 0 Å². The highest BCUT2D eigenvalue weighted by molar-refractivity contribution is 14.0. The summed E-state index contributed by atoms with van der Waals surface area (Å²) < 4.78 is 5.54. The minimum absolute atomic E-state index is 0. The second kappa shape index (κ2) is 14.1. The van der Waals surface area contributed by atoms with Gasteiger partial charge < -0.3 is 20.5 Å². The van der Waals surface area contributed by atoms with E-state index in [1.807, 2.05) is 7.05 Å². The number of hydrogen-bond donors (Lipinski definition) is 3. The number of nitrogens with one attached hydrogen (secondary N) is 2. The molecule has 24 heavy (non-hydrogen) atoms.